The molecule has 0 radical (unpaired) electrons. The second-order valence-electron chi connectivity index (χ2n) is 5.54. The van der Waals surface area contributed by atoms with E-state index in [0.29, 0.717) is 13.1 Å². The lowest BCUT2D eigenvalue weighted by Gasteiger charge is -2.13. The molecule has 1 saturated heterocycles. The van der Waals surface area contributed by atoms with E-state index in [0.717, 1.165) is 35.0 Å². The summed E-state index contributed by atoms with van der Waals surface area (Å²) in [6.45, 7) is 5.71. The Morgan fingerprint density at radius 3 is 2.95 bits per heavy atom. The predicted octanol–water partition coefficient (Wildman–Crippen LogP) is 1.80. The van der Waals surface area contributed by atoms with Gasteiger partial charge in [0.05, 0.1) is 12.6 Å². The van der Waals surface area contributed by atoms with Crippen LogP contribution in [-0.4, -0.2) is 51.1 Å². The maximum atomic E-state index is 12.5. The van der Waals surface area contributed by atoms with E-state index in [4.69, 9.17) is 0 Å². The molecule has 5 nitrogen and oxygen atoms in total. The first-order chi connectivity index (χ1) is 10.1. The maximum Gasteiger partial charge on any atom is 0.193 e. The summed E-state index contributed by atoms with van der Waals surface area (Å²) in [7, 11) is 0. The van der Waals surface area contributed by atoms with Crippen molar-refractivity contribution in [2.45, 2.75) is 26.4 Å². The third kappa shape index (κ3) is 2.79. The Morgan fingerprint density at radius 2 is 2.33 bits per heavy atom. The summed E-state index contributed by atoms with van der Waals surface area (Å²) in [5, 5.41) is 12.4. The minimum absolute atomic E-state index is 0.111. The Labute approximate surface area is 127 Å². The summed E-state index contributed by atoms with van der Waals surface area (Å²) in [4.78, 5) is 18.8. The molecule has 0 aromatic carbocycles. The molecule has 0 saturated carbocycles. The summed E-state index contributed by atoms with van der Waals surface area (Å²) in [6, 6.07) is 1.94. The predicted molar refractivity (Wildman–Crippen MR) is 82.3 cm³/mol. The maximum absolute atomic E-state index is 12.5. The van der Waals surface area contributed by atoms with Crippen molar-refractivity contribution >= 4 is 17.1 Å². The summed E-state index contributed by atoms with van der Waals surface area (Å²) in [6.07, 6.45) is 2.23. The Hall–Kier alpha value is -1.50. The van der Waals surface area contributed by atoms with Gasteiger partial charge in [0.2, 0.25) is 0 Å². The number of ketones is 1. The molecule has 2 aromatic heterocycles. The molecule has 3 heterocycles. The number of hydrogen-bond acceptors (Lipinski definition) is 5. The van der Waals surface area contributed by atoms with Crippen LogP contribution in [0.15, 0.2) is 17.6 Å². The zero-order valence-electron chi connectivity index (χ0n) is 12.2. The lowest BCUT2D eigenvalue weighted by atomic mass is 10.1. The average Bonchev–Trinajstić information content (AvgIpc) is 3.12. The Kier molecular flexibility index (Phi) is 3.93. The third-order valence-electron chi connectivity index (χ3n) is 3.96. The molecule has 1 fully saturated rings. The van der Waals surface area contributed by atoms with Crippen molar-refractivity contribution in [3.63, 3.8) is 0 Å². The van der Waals surface area contributed by atoms with Crippen LogP contribution in [0.25, 0.3) is 5.13 Å². The highest BCUT2D eigenvalue weighted by molar-refractivity contribution is 7.12. The van der Waals surface area contributed by atoms with Crippen molar-refractivity contribution in [3.05, 3.63) is 34.6 Å². The van der Waals surface area contributed by atoms with Crippen molar-refractivity contribution in [2.75, 3.05) is 19.6 Å². The molecule has 6 heteroatoms. The summed E-state index contributed by atoms with van der Waals surface area (Å²) < 4.78 is 2.02. The Bertz CT molecular complexity index is 648. The highest BCUT2D eigenvalue weighted by Crippen LogP contribution is 2.23. The van der Waals surface area contributed by atoms with Gasteiger partial charge in [-0.3, -0.25) is 14.3 Å². The van der Waals surface area contributed by atoms with Gasteiger partial charge in [-0.15, -0.1) is 11.3 Å². The summed E-state index contributed by atoms with van der Waals surface area (Å²) >= 11 is 1.56. The zero-order chi connectivity index (χ0) is 15.0. The van der Waals surface area contributed by atoms with Gasteiger partial charge >= 0.3 is 0 Å². The van der Waals surface area contributed by atoms with E-state index < -0.39 is 0 Å². The molecule has 3 rings (SSSR count). The Balaban J connectivity index is 1.83. The molecule has 1 atom stereocenters. The molecule has 0 bridgehead atoms. The molecule has 112 valence electrons. The van der Waals surface area contributed by atoms with Crippen LogP contribution < -0.4 is 0 Å². The molecule has 0 amide bonds. The number of nitrogens with zero attached hydrogens (tertiary/aromatic N) is 3. The highest BCUT2D eigenvalue weighted by atomic mass is 32.1. The fourth-order valence-electron chi connectivity index (χ4n) is 2.91. The molecular formula is C15H19N3O2S. The number of aliphatic hydroxyl groups is 1. The van der Waals surface area contributed by atoms with Gasteiger partial charge in [0.25, 0.3) is 0 Å². The summed E-state index contributed by atoms with van der Waals surface area (Å²) in [5.74, 6) is 0.111. The molecular weight excluding hydrogens is 286 g/mol. The number of likely N-dealkylation sites (tertiary alicyclic amines) is 1. The van der Waals surface area contributed by atoms with Crippen molar-refractivity contribution in [1.29, 1.82) is 0 Å². The van der Waals surface area contributed by atoms with Crippen molar-refractivity contribution in [3.8, 4) is 5.13 Å². The van der Waals surface area contributed by atoms with Crippen molar-refractivity contribution in [2.24, 2.45) is 0 Å². The second-order valence-corrected chi connectivity index (χ2v) is 6.41. The van der Waals surface area contributed by atoms with Crippen LogP contribution in [0.4, 0.5) is 0 Å². The van der Waals surface area contributed by atoms with Crippen LogP contribution in [0.3, 0.4) is 0 Å². The third-order valence-corrected chi connectivity index (χ3v) is 4.71. The molecule has 21 heavy (non-hydrogen) atoms. The van der Waals surface area contributed by atoms with E-state index in [1.54, 1.807) is 17.5 Å². The number of carbonyl (C=O) groups excluding carboxylic acids is 1. The van der Waals surface area contributed by atoms with E-state index in [2.05, 4.69) is 4.98 Å². The fraction of sp³-hybridized carbons (Fsp3) is 0.467. The number of aromatic nitrogens is 2. The van der Waals surface area contributed by atoms with E-state index in [9.17, 15) is 9.90 Å². The first kappa shape index (κ1) is 14.4. The monoisotopic (exact) mass is 305 g/mol. The smallest absolute Gasteiger partial charge is 0.193 e. The molecule has 1 N–H and O–H groups in total. The number of thiazole rings is 1. The van der Waals surface area contributed by atoms with Crippen LogP contribution >= 0.6 is 11.3 Å². The van der Waals surface area contributed by atoms with Gasteiger partial charge in [-0.2, -0.15) is 0 Å². The highest BCUT2D eigenvalue weighted by Gasteiger charge is 2.24. The van der Waals surface area contributed by atoms with Gasteiger partial charge in [-0.05, 0) is 26.3 Å². The largest absolute Gasteiger partial charge is 0.392 e. The van der Waals surface area contributed by atoms with Crippen molar-refractivity contribution < 1.29 is 9.90 Å². The lowest BCUT2D eigenvalue weighted by molar-refractivity contribution is 0.0934. The number of β-amino-alcohol motifs (C(OH)–C–C–N with tert-alkyl or cyclic N) is 1. The standard InChI is InChI=1S/C15H19N3O2S/c1-10-7-13(11(2)18(10)15-16-4-6-21-15)14(20)9-17-5-3-12(19)8-17/h4,6-7,12,19H,3,5,8-9H2,1-2H3. The molecule has 0 aliphatic carbocycles. The minimum atomic E-state index is -0.291. The van der Waals surface area contributed by atoms with Gasteiger partial charge in [0, 0.05) is 41.6 Å². The van der Waals surface area contributed by atoms with Crippen molar-refractivity contribution in [1.82, 2.24) is 14.5 Å². The number of carbonyl (C=O) groups is 1. The fourth-order valence-corrected chi connectivity index (χ4v) is 3.66. The SMILES string of the molecule is Cc1cc(C(=O)CN2CCC(O)C2)c(C)n1-c1nccs1. The van der Waals surface area contributed by atoms with Gasteiger partial charge in [0.15, 0.2) is 10.9 Å². The molecule has 1 aliphatic rings. The number of aryl methyl sites for hydroxylation is 1. The molecule has 1 unspecified atom stereocenters. The quantitative estimate of drug-likeness (QED) is 0.875. The van der Waals surface area contributed by atoms with E-state index in [1.165, 1.54) is 0 Å². The first-order valence-corrected chi connectivity index (χ1v) is 7.96. The van der Waals surface area contributed by atoms with Gasteiger partial charge in [-0.1, -0.05) is 0 Å². The zero-order valence-corrected chi connectivity index (χ0v) is 13.1. The number of Topliss-reactive ketones (excluding diaryl/α,β-unsaturated/α-hetero) is 1. The van der Waals surface area contributed by atoms with Crippen LogP contribution in [0, 0.1) is 13.8 Å². The topological polar surface area (TPSA) is 58.4 Å². The lowest BCUT2D eigenvalue weighted by Crippen LogP contribution is -2.28. The first-order valence-electron chi connectivity index (χ1n) is 7.08. The second kappa shape index (κ2) is 5.71. The van der Waals surface area contributed by atoms with Gasteiger partial charge in [0.1, 0.15) is 0 Å². The number of aliphatic hydroxyl groups excluding tert-OH is 1. The number of rotatable bonds is 4. The van der Waals surface area contributed by atoms with E-state index in [1.807, 2.05) is 34.8 Å². The molecule has 2 aromatic rings. The van der Waals surface area contributed by atoms with E-state index >= 15 is 0 Å². The average molecular weight is 305 g/mol. The normalized spacial score (nSPS) is 19.3. The molecule has 0 spiro atoms. The Morgan fingerprint density at radius 1 is 1.52 bits per heavy atom. The van der Waals surface area contributed by atoms with Crippen LogP contribution in [0.5, 0.6) is 0 Å². The molecule has 1 aliphatic heterocycles. The van der Waals surface area contributed by atoms with Crippen LogP contribution in [-0.2, 0) is 0 Å². The van der Waals surface area contributed by atoms with Gasteiger partial charge in [-0.25, -0.2) is 4.98 Å². The minimum Gasteiger partial charge on any atom is -0.392 e. The number of hydrogen-bond donors (Lipinski definition) is 1. The van der Waals surface area contributed by atoms with Gasteiger partial charge < -0.3 is 5.11 Å². The van der Waals surface area contributed by atoms with Crippen LogP contribution in [0.2, 0.25) is 0 Å². The summed E-state index contributed by atoms with van der Waals surface area (Å²) in [5.41, 5.74) is 2.71. The van der Waals surface area contributed by atoms with Crippen LogP contribution in [0.1, 0.15) is 28.2 Å². The van der Waals surface area contributed by atoms with E-state index in [-0.39, 0.29) is 11.9 Å².